The van der Waals surface area contributed by atoms with Gasteiger partial charge in [-0.15, -0.1) is 0 Å². The summed E-state index contributed by atoms with van der Waals surface area (Å²) in [5, 5.41) is 2.16. The predicted octanol–water partition coefficient (Wildman–Crippen LogP) is 3.95. The minimum absolute atomic E-state index is 0.0569. The smallest absolute Gasteiger partial charge is 0.306 e. The van der Waals surface area contributed by atoms with Gasteiger partial charge >= 0.3 is 12.4 Å². The average Bonchev–Trinajstić information content (AvgIpc) is 3.15. The van der Waals surface area contributed by atoms with Crippen LogP contribution in [0.1, 0.15) is 21.5 Å². The summed E-state index contributed by atoms with van der Waals surface area (Å²) in [6, 6.07) is 1.89. The summed E-state index contributed by atoms with van der Waals surface area (Å²) >= 11 is 0. The highest BCUT2D eigenvalue weighted by atomic mass is 19.4. The summed E-state index contributed by atoms with van der Waals surface area (Å²) in [6.07, 6.45) is -4.65. The highest BCUT2D eigenvalue weighted by molar-refractivity contribution is 6.04. The summed E-state index contributed by atoms with van der Waals surface area (Å²) in [5.41, 5.74) is -3.99. The fraction of sp³-hybridized carbons (Fsp3) is 0.125. The van der Waals surface area contributed by atoms with E-state index in [-0.39, 0.29) is 17.7 Å². The Balaban J connectivity index is 1.93. The van der Waals surface area contributed by atoms with Crippen molar-refractivity contribution >= 4 is 11.7 Å². The maximum Gasteiger partial charge on any atom is 0.416 e. The van der Waals surface area contributed by atoms with Crippen molar-refractivity contribution in [3.05, 3.63) is 66.0 Å². The lowest BCUT2D eigenvalue weighted by molar-refractivity contribution is -0.143. The first-order valence-electron chi connectivity index (χ1n) is 7.45. The molecule has 1 amide bonds. The summed E-state index contributed by atoms with van der Waals surface area (Å²) < 4.78 is 78.9. The van der Waals surface area contributed by atoms with Gasteiger partial charge < -0.3 is 5.32 Å². The molecular weight excluding hydrogens is 392 g/mol. The van der Waals surface area contributed by atoms with Gasteiger partial charge in [0.25, 0.3) is 5.91 Å². The van der Waals surface area contributed by atoms with E-state index < -0.39 is 35.0 Å². The molecule has 3 aromatic rings. The first-order valence-corrected chi connectivity index (χ1v) is 7.45. The number of halogens is 6. The number of benzene rings is 1. The Hall–Kier alpha value is -3.44. The number of carbonyl (C=O) groups is 1. The van der Waals surface area contributed by atoms with E-state index >= 15 is 0 Å². The van der Waals surface area contributed by atoms with Gasteiger partial charge in [0, 0.05) is 24.0 Å². The van der Waals surface area contributed by atoms with E-state index in [1.54, 1.807) is 0 Å². The van der Waals surface area contributed by atoms with Crippen molar-refractivity contribution < 1.29 is 31.1 Å². The molecule has 146 valence electrons. The zero-order valence-corrected chi connectivity index (χ0v) is 13.6. The summed E-state index contributed by atoms with van der Waals surface area (Å²) in [4.78, 5) is 23.7. The number of amides is 1. The Morgan fingerprint density at radius 1 is 0.929 bits per heavy atom. The van der Waals surface area contributed by atoms with Gasteiger partial charge in [-0.25, -0.2) is 15.0 Å². The molecule has 0 saturated carbocycles. The maximum absolute atomic E-state index is 12.9. The Morgan fingerprint density at radius 3 is 2.11 bits per heavy atom. The first kappa shape index (κ1) is 19.3. The number of aromatic nitrogens is 4. The third-order valence-electron chi connectivity index (χ3n) is 3.51. The van der Waals surface area contributed by atoms with Crippen molar-refractivity contribution in [2.24, 2.45) is 0 Å². The minimum Gasteiger partial charge on any atom is -0.306 e. The monoisotopic (exact) mass is 401 g/mol. The molecule has 0 saturated heterocycles. The van der Waals surface area contributed by atoms with Crippen LogP contribution in [0.4, 0.5) is 32.2 Å². The van der Waals surface area contributed by atoms with Crippen LogP contribution in [0.5, 0.6) is 0 Å². The zero-order valence-electron chi connectivity index (χ0n) is 13.6. The van der Waals surface area contributed by atoms with Crippen molar-refractivity contribution in [1.82, 2.24) is 19.5 Å². The van der Waals surface area contributed by atoms with Crippen LogP contribution in [0.15, 0.2) is 49.3 Å². The highest BCUT2D eigenvalue weighted by Crippen LogP contribution is 2.36. The number of hydrogen-bond donors (Lipinski definition) is 1. The molecule has 0 atom stereocenters. The van der Waals surface area contributed by atoms with Gasteiger partial charge in [0.1, 0.15) is 24.3 Å². The molecule has 0 fully saturated rings. The van der Waals surface area contributed by atoms with Crippen molar-refractivity contribution in [3.63, 3.8) is 0 Å². The van der Waals surface area contributed by atoms with E-state index in [0.29, 0.717) is 12.1 Å². The van der Waals surface area contributed by atoms with Crippen molar-refractivity contribution in [3.8, 4) is 5.82 Å². The summed E-state index contributed by atoms with van der Waals surface area (Å²) in [7, 11) is 0. The molecule has 28 heavy (non-hydrogen) atoms. The number of rotatable bonds is 3. The Bertz CT molecular complexity index is 965. The molecule has 3 rings (SSSR count). The van der Waals surface area contributed by atoms with E-state index in [4.69, 9.17) is 0 Å². The molecule has 12 heteroatoms. The van der Waals surface area contributed by atoms with Crippen molar-refractivity contribution in [2.75, 3.05) is 5.32 Å². The molecule has 0 aliphatic rings. The first-order chi connectivity index (χ1) is 13.0. The zero-order chi connectivity index (χ0) is 20.5. The van der Waals surface area contributed by atoms with Crippen LogP contribution in [-0.4, -0.2) is 25.4 Å². The van der Waals surface area contributed by atoms with Gasteiger partial charge in [-0.2, -0.15) is 26.3 Å². The molecule has 6 nitrogen and oxygen atoms in total. The van der Waals surface area contributed by atoms with Gasteiger partial charge in [-0.3, -0.25) is 9.36 Å². The number of nitrogens with one attached hydrogen (secondary N) is 1. The second-order valence-electron chi connectivity index (χ2n) is 5.48. The quantitative estimate of drug-likeness (QED) is 0.675. The predicted molar refractivity (Wildman–Crippen MR) is 83.6 cm³/mol. The standard InChI is InChI=1S/C16H9F6N5O/c17-15(18,19)10-3-9(4-11(5-10)16(20,21)22)14(28)26-12-6-13(25-7-24-12)27-2-1-23-8-27/h1-8H,(H,24,25,26,28). The Morgan fingerprint density at radius 2 is 1.57 bits per heavy atom. The topological polar surface area (TPSA) is 72.7 Å². The van der Waals surface area contributed by atoms with Gasteiger partial charge in [0.15, 0.2) is 0 Å². The SMILES string of the molecule is O=C(Nc1cc(-n2ccnc2)ncn1)c1cc(C(F)(F)F)cc(C(F)(F)F)c1. The fourth-order valence-electron chi connectivity index (χ4n) is 2.23. The number of nitrogens with zero attached hydrogens (tertiary/aromatic N) is 4. The molecule has 0 aliphatic carbocycles. The molecule has 0 spiro atoms. The molecular formula is C16H9F6N5O. The van der Waals surface area contributed by atoms with Crippen LogP contribution < -0.4 is 5.32 Å². The lowest BCUT2D eigenvalue weighted by Gasteiger charge is -2.14. The van der Waals surface area contributed by atoms with E-state index in [1.165, 1.54) is 29.4 Å². The van der Waals surface area contributed by atoms with Crippen LogP contribution in [0.3, 0.4) is 0 Å². The number of imidazole rings is 1. The second-order valence-corrected chi connectivity index (χ2v) is 5.48. The Labute approximate surface area is 152 Å². The van der Waals surface area contributed by atoms with Crippen molar-refractivity contribution in [1.29, 1.82) is 0 Å². The number of carbonyl (C=O) groups excluding carboxylic acids is 1. The molecule has 0 radical (unpaired) electrons. The van der Waals surface area contributed by atoms with Gasteiger partial charge in [0.05, 0.1) is 11.1 Å². The normalized spacial score (nSPS) is 12.1. The van der Waals surface area contributed by atoms with E-state index in [0.717, 1.165) is 6.33 Å². The average molecular weight is 401 g/mol. The fourth-order valence-corrected chi connectivity index (χ4v) is 2.23. The second kappa shape index (κ2) is 6.94. The third-order valence-corrected chi connectivity index (χ3v) is 3.51. The molecule has 2 aromatic heterocycles. The maximum atomic E-state index is 12.9. The molecule has 0 unspecified atom stereocenters. The van der Waals surface area contributed by atoms with E-state index in [1.807, 2.05) is 0 Å². The summed E-state index contributed by atoms with van der Waals surface area (Å²) in [5.74, 6) is -1.02. The molecule has 0 bridgehead atoms. The van der Waals surface area contributed by atoms with Crippen molar-refractivity contribution in [2.45, 2.75) is 12.4 Å². The van der Waals surface area contributed by atoms with E-state index in [9.17, 15) is 31.1 Å². The van der Waals surface area contributed by atoms with E-state index in [2.05, 4.69) is 20.3 Å². The number of anilines is 1. The Kier molecular flexibility index (Phi) is 4.79. The van der Waals surface area contributed by atoms with Crippen LogP contribution in [0, 0.1) is 0 Å². The lowest BCUT2D eigenvalue weighted by Crippen LogP contribution is -2.18. The number of alkyl halides is 6. The van der Waals surface area contributed by atoms with Gasteiger partial charge in [0.2, 0.25) is 0 Å². The van der Waals surface area contributed by atoms with Gasteiger partial charge in [-0.1, -0.05) is 0 Å². The highest BCUT2D eigenvalue weighted by Gasteiger charge is 2.37. The van der Waals surface area contributed by atoms with Crippen LogP contribution in [0.25, 0.3) is 5.82 Å². The summed E-state index contributed by atoms with van der Waals surface area (Å²) in [6.45, 7) is 0. The third kappa shape index (κ3) is 4.27. The van der Waals surface area contributed by atoms with Crippen LogP contribution >= 0.6 is 0 Å². The number of hydrogen-bond acceptors (Lipinski definition) is 4. The van der Waals surface area contributed by atoms with Gasteiger partial charge in [-0.05, 0) is 18.2 Å². The molecule has 1 aromatic carbocycles. The molecule has 2 heterocycles. The largest absolute Gasteiger partial charge is 0.416 e. The minimum atomic E-state index is -5.06. The van der Waals surface area contributed by atoms with Crippen LogP contribution in [-0.2, 0) is 12.4 Å². The molecule has 0 aliphatic heterocycles. The molecule has 1 N–H and O–H groups in total. The lowest BCUT2D eigenvalue weighted by atomic mass is 10.0. The van der Waals surface area contributed by atoms with Crippen LogP contribution in [0.2, 0.25) is 0 Å².